The number of benzene rings is 1. The van der Waals surface area contributed by atoms with Gasteiger partial charge in [-0.2, -0.15) is 5.26 Å². The van der Waals surface area contributed by atoms with E-state index < -0.39 is 5.41 Å². The van der Waals surface area contributed by atoms with Crippen LogP contribution in [0.15, 0.2) is 24.3 Å². The highest BCUT2D eigenvalue weighted by atomic mass is 16.2. The molecule has 0 radical (unpaired) electrons. The standard InChI is InChI=1S/C15H18N2O/c1-3-12-6-4-5-7-13(12)17-14(18)15(10-16)8-11(2)9-15/h4-7,11H,3,8-9H2,1-2H3,(H,17,18). The van der Waals surface area contributed by atoms with Crippen molar-refractivity contribution in [2.75, 3.05) is 5.32 Å². The number of rotatable bonds is 3. The number of carbonyl (C=O) groups excluding carboxylic acids is 1. The minimum absolute atomic E-state index is 0.149. The summed E-state index contributed by atoms with van der Waals surface area (Å²) >= 11 is 0. The molecule has 0 atom stereocenters. The number of nitrogens with one attached hydrogen (secondary N) is 1. The molecule has 1 aromatic carbocycles. The van der Waals surface area contributed by atoms with E-state index in [1.165, 1.54) is 0 Å². The summed E-state index contributed by atoms with van der Waals surface area (Å²) in [6.07, 6.45) is 2.21. The summed E-state index contributed by atoms with van der Waals surface area (Å²) in [6, 6.07) is 9.94. The Labute approximate surface area is 108 Å². The third-order valence-electron chi connectivity index (χ3n) is 3.69. The lowest BCUT2D eigenvalue weighted by Crippen LogP contribution is -2.45. The molecule has 2 rings (SSSR count). The molecule has 18 heavy (non-hydrogen) atoms. The Kier molecular flexibility index (Phi) is 3.38. The van der Waals surface area contributed by atoms with Gasteiger partial charge in [-0.25, -0.2) is 0 Å². The number of aryl methyl sites for hydroxylation is 1. The second kappa shape index (κ2) is 4.81. The van der Waals surface area contributed by atoms with Gasteiger partial charge in [-0.15, -0.1) is 0 Å². The number of anilines is 1. The summed E-state index contributed by atoms with van der Waals surface area (Å²) in [5, 5.41) is 12.1. The highest BCUT2D eigenvalue weighted by Gasteiger charge is 2.49. The molecule has 1 aliphatic carbocycles. The maximum Gasteiger partial charge on any atom is 0.244 e. The maximum absolute atomic E-state index is 12.2. The molecule has 3 nitrogen and oxygen atoms in total. The zero-order chi connectivity index (χ0) is 13.2. The van der Waals surface area contributed by atoms with Crippen molar-refractivity contribution in [3.63, 3.8) is 0 Å². The molecule has 1 fully saturated rings. The van der Waals surface area contributed by atoms with Gasteiger partial charge in [0.25, 0.3) is 0 Å². The highest BCUT2D eigenvalue weighted by molar-refractivity contribution is 5.98. The molecule has 1 aliphatic rings. The van der Waals surface area contributed by atoms with E-state index in [1.807, 2.05) is 24.3 Å². The van der Waals surface area contributed by atoms with Crippen LogP contribution in [0, 0.1) is 22.7 Å². The third kappa shape index (κ3) is 2.11. The van der Waals surface area contributed by atoms with Crippen molar-refractivity contribution in [2.45, 2.75) is 33.1 Å². The van der Waals surface area contributed by atoms with Crippen molar-refractivity contribution >= 4 is 11.6 Å². The van der Waals surface area contributed by atoms with Crippen LogP contribution < -0.4 is 5.32 Å². The van der Waals surface area contributed by atoms with Crippen LogP contribution in [0.25, 0.3) is 0 Å². The van der Waals surface area contributed by atoms with E-state index in [4.69, 9.17) is 0 Å². The quantitative estimate of drug-likeness (QED) is 0.885. The topological polar surface area (TPSA) is 52.9 Å². The monoisotopic (exact) mass is 242 g/mol. The van der Waals surface area contributed by atoms with Crippen molar-refractivity contribution < 1.29 is 4.79 Å². The van der Waals surface area contributed by atoms with Crippen LogP contribution in [0.4, 0.5) is 5.69 Å². The van der Waals surface area contributed by atoms with Crippen LogP contribution >= 0.6 is 0 Å². The first-order chi connectivity index (χ1) is 8.61. The van der Waals surface area contributed by atoms with Gasteiger partial charge in [0.1, 0.15) is 5.41 Å². The lowest BCUT2D eigenvalue weighted by Gasteiger charge is -2.39. The Hall–Kier alpha value is -1.82. The van der Waals surface area contributed by atoms with E-state index in [9.17, 15) is 10.1 Å². The highest BCUT2D eigenvalue weighted by Crippen LogP contribution is 2.45. The van der Waals surface area contributed by atoms with Crippen molar-refractivity contribution in [2.24, 2.45) is 11.3 Å². The molecule has 1 amide bonds. The number of amides is 1. The van der Waals surface area contributed by atoms with Gasteiger partial charge < -0.3 is 5.32 Å². The maximum atomic E-state index is 12.2. The fourth-order valence-corrected chi connectivity index (χ4v) is 2.65. The first-order valence-electron chi connectivity index (χ1n) is 6.42. The smallest absolute Gasteiger partial charge is 0.244 e. The molecule has 3 heteroatoms. The van der Waals surface area contributed by atoms with Gasteiger partial charge >= 0.3 is 0 Å². The number of para-hydroxylation sites is 1. The predicted molar refractivity (Wildman–Crippen MR) is 70.9 cm³/mol. The molecule has 1 saturated carbocycles. The van der Waals surface area contributed by atoms with Gasteiger partial charge in [0.05, 0.1) is 6.07 Å². The minimum Gasteiger partial charge on any atom is -0.324 e. The lowest BCUT2D eigenvalue weighted by molar-refractivity contribution is -0.128. The largest absolute Gasteiger partial charge is 0.324 e. The van der Waals surface area contributed by atoms with Gasteiger partial charge in [-0.05, 0) is 36.8 Å². The molecule has 0 bridgehead atoms. The van der Waals surface area contributed by atoms with E-state index in [0.29, 0.717) is 18.8 Å². The van der Waals surface area contributed by atoms with Crippen molar-refractivity contribution in [3.05, 3.63) is 29.8 Å². The average molecular weight is 242 g/mol. The molecule has 0 heterocycles. The Balaban J connectivity index is 2.15. The van der Waals surface area contributed by atoms with Crippen LogP contribution in [0.3, 0.4) is 0 Å². The van der Waals surface area contributed by atoms with Crippen LogP contribution in [0.1, 0.15) is 32.3 Å². The van der Waals surface area contributed by atoms with E-state index in [0.717, 1.165) is 17.7 Å². The van der Waals surface area contributed by atoms with Gasteiger partial charge in [0, 0.05) is 5.69 Å². The fraction of sp³-hybridized carbons (Fsp3) is 0.467. The average Bonchev–Trinajstić information content (AvgIpc) is 2.35. The van der Waals surface area contributed by atoms with Crippen LogP contribution in [-0.2, 0) is 11.2 Å². The Morgan fingerprint density at radius 3 is 2.72 bits per heavy atom. The van der Waals surface area contributed by atoms with E-state index in [1.54, 1.807) is 0 Å². The summed E-state index contributed by atoms with van der Waals surface area (Å²) in [4.78, 5) is 12.2. The molecular formula is C15H18N2O. The Morgan fingerprint density at radius 2 is 2.17 bits per heavy atom. The molecule has 94 valence electrons. The SMILES string of the molecule is CCc1ccccc1NC(=O)C1(C#N)CC(C)C1. The van der Waals surface area contributed by atoms with Gasteiger partial charge in [0.2, 0.25) is 5.91 Å². The number of hydrogen-bond donors (Lipinski definition) is 1. The Morgan fingerprint density at radius 1 is 1.50 bits per heavy atom. The van der Waals surface area contributed by atoms with E-state index in [2.05, 4.69) is 25.2 Å². The van der Waals surface area contributed by atoms with Crippen molar-refractivity contribution in [3.8, 4) is 6.07 Å². The van der Waals surface area contributed by atoms with Crippen LogP contribution in [0.5, 0.6) is 0 Å². The second-order valence-corrected chi connectivity index (χ2v) is 5.17. The summed E-state index contributed by atoms with van der Waals surface area (Å²) in [5.41, 5.74) is 1.13. The first-order valence-corrected chi connectivity index (χ1v) is 6.42. The predicted octanol–water partition coefficient (Wildman–Crippen LogP) is 3.13. The fourth-order valence-electron chi connectivity index (χ4n) is 2.65. The van der Waals surface area contributed by atoms with Crippen LogP contribution in [0.2, 0.25) is 0 Å². The molecule has 1 aromatic rings. The van der Waals surface area contributed by atoms with Gasteiger partial charge in [-0.1, -0.05) is 32.0 Å². The molecule has 0 saturated heterocycles. The first kappa shape index (κ1) is 12.6. The summed E-state index contributed by atoms with van der Waals surface area (Å²) in [6.45, 7) is 4.12. The third-order valence-corrected chi connectivity index (χ3v) is 3.69. The van der Waals surface area contributed by atoms with E-state index in [-0.39, 0.29) is 5.91 Å². The van der Waals surface area contributed by atoms with Crippen LogP contribution in [-0.4, -0.2) is 5.91 Å². The zero-order valence-electron chi connectivity index (χ0n) is 10.9. The Bertz CT molecular complexity index is 495. The van der Waals surface area contributed by atoms with Gasteiger partial charge in [0.15, 0.2) is 0 Å². The molecule has 1 N–H and O–H groups in total. The molecule has 0 aromatic heterocycles. The minimum atomic E-state index is -0.805. The normalized spacial score (nSPS) is 25.9. The molecular weight excluding hydrogens is 224 g/mol. The zero-order valence-corrected chi connectivity index (χ0v) is 10.9. The van der Waals surface area contributed by atoms with Crippen molar-refractivity contribution in [1.29, 1.82) is 5.26 Å². The summed E-state index contributed by atoms with van der Waals surface area (Å²) < 4.78 is 0. The van der Waals surface area contributed by atoms with Crippen molar-refractivity contribution in [1.82, 2.24) is 0 Å². The number of carbonyl (C=O) groups is 1. The molecule has 0 aliphatic heterocycles. The lowest BCUT2D eigenvalue weighted by atomic mass is 9.63. The molecule has 0 unspecified atom stereocenters. The number of nitrogens with zero attached hydrogens (tertiary/aromatic N) is 1. The number of hydrogen-bond acceptors (Lipinski definition) is 2. The van der Waals surface area contributed by atoms with Gasteiger partial charge in [-0.3, -0.25) is 4.79 Å². The van der Waals surface area contributed by atoms with E-state index >= 15 is 0 Å². The molecule has 0 spiro atoms. The second-order valence-electron chi connectivity index (χ2n) is 5.17. The number of nitriles is 1. The summed E-state index contributed by atoms with van der Waals surface area (Å²) in [5.74, 6) is 0.320. The summed E-state index contributed by atoms with van der Waals surface area (Å²) in [7, 11) is 0.